The zero-order chi connectivity index (χ0) is 26.8. The monoisotopic (exact) mass is 536 g/mol. The molecule has 1 aromatic carbocycles. The first-order valence-electron chi connectivity index (χ1n) is 11.5. The molecular formula is C24H27F3N6O3S. The first-order valence-corrected chi connectivity index (χ1v) is 12.4. The lowest BCUT2D eigenvalue weighted by molar-refractivity contribution is -0.310. The van der Waals surface area contributed by atoms with E-state index in [-0.39, 0.29) is 23.5 Å². The summed E-state index contributed by atoms with van der Waals surface area (Å²) in [5.74, 6) is -1.99. The summed E-state index contributed by atoms with van der Waals surface area (Å²) in [6.45, 7) is 4.61. The molecule has 0 radical (unpaired) electrons. The quantitative estimate of drug-likeness (QED) is 0.558. The minimum atomic E-state index is -5.05. The third kappa shape index (κ3) is 6.35. The molecule has 1 unspecified atom stereocenters. The molecule has 4 rings (SSSR count). The van der Waals surface area contributed by atoms with Gasteiger partial charge in [0.25, 0.3) is 0 Å². The van der Waals surface area contributed by atoms with Gasteiger partial charge in [-0.1, -0.05) is 41.2 Å². The second-order valence-corrected chi connectivity index (χ2v) is 10.1. The van der Waals surface area contributed by atoms with Crippen LogP contribution in [0.15, 0.2) is 47.7 Å². The molecule has 1 saturated heterocycles. The normalized spacial score (nSPS) is 21.2. The van der Waals surface area contributed by atoms with Crippen LogP contribution in [0.4, 0.5) is 13.2 Å². The van der Waals surface area contributed by atoms with Gasteiger partial charge in [0, 0.05) is 43.7 Å². The van der Waals surface area contributed by atoms with E-state index in [9.17, 15) is 22.8 Å². The summed E-state index contributed by atoms with van der Waals surface area (Å²) < 4.78 is 44.8. The van der Waals surface area contributed by atoms with Crippen LogP contribution < -0.4 is 11.1 Å². The highest BCUT2D eigenvalue weighted by Crippen LogP contribution is 2.44. The maximum Gasteiger partial charge on any atom is 0.572 e. The summed E-state index contributed by atoms with van der Waals surface area (Å²) in [6, 6.07) is 7.39. The number of alkyl halides is 3. The summed E-state index contributed by atoms with van der Waals surface area (Å²) in [4.78, 5) is 29.3. The van der Waals surface area contributed by atoms with Crippen molar-refractivity contribution in [2.24, 2.45) is 5.73 Å². The number of benzene rings is 1. The molecule has 1 fully saturated rings. The van der Waals surface area contributed by atoms with Gasteiger partial charge in [0.2, 0.25) is 11.8 Å². The highest BCUT2D eigenvalue weighted by Gasteiger charge is 2.49. The zero-order valence-electron chi connectivity index (χ0n) is 20.3. The molecule has 198 valence electrons. The average Bonchev–Trinajstić information content (AvgIpc) is 3.32. The number of ether oxygens (including phenoxy) is 1. The molecule has 2 heterocycles. The summed E-state index contributed by atoms with van der Waals surface area (Å²) in [5, 5.41) is 11.5. The Morgan fingerprint density at radius 3 is 2.57 bits per heavy atom. The number of aryl methyl sites for hydroxylation is 1. The number of hydrogen-bond donors (Lipinski definition) is 2. The Morgan fingerprint density at radius 2 is 1.92 bits per heavy atom. The lowest BCUT2D eigenvalue weighted by Crippen LogP contribution is -2.54. The fourth-order valence-electron chi connectivity index (χ4n) is 4.28. The number of halogens is 3. The number of nitrogens with zero attached hydrogens (tertiary/aromatic N) is 4. The van der Waals surface area contributed by atoms with E-state index < -0.39 is 29.5 Å². The van der Waals surface area contributed by atoms with Gasteiger partial charge in [-0.25, -0.2) is 0 Å². The molecule has 9 nitrogen and oxygen atoms in total. The van der Waals surface area contributed by atoms with Crippen molar-refractivity contribution >= 4 is 23.2 Å². The Bertz CT molecular complexity index is 1240. The summed E-state index contributed by atoms with van der Waals surface area (Å²) in [6.07, 6.45) is -3.26. The minimum absolute atomic E-state index is 0.0155. The molecule has 0 spiro atoms. The Hall–Kier alpha value is -3.29. The van der Waals surface area contributed by atoms with Crippen LogP contribution in [0.2, 0.25) is 0 Å². The number of nitrogens with one attached hydrogen (secondary N) is 1. The van der Waals surface area contributed by atoms with Gasteiger partial charge in [0.05, 0.1) is 6.54 Å². The van der Waals surface area contributed by atoms with E-state index in [4.69, 9.17) is 5.73 Å². The summed E-state index contributed by atoms with van der Waals surface area (Å²) in [5.41, 5.74) is 5.24. The average molecular weight is 537 g/mol. The van der Waals surface area contributed by atoms with E-state index in [0.717, 1.165) is 42.1 Å². The van der Waals surface area contributed by atoms with Gasteiger partial charge in [0.1, 0.15) is 10.8 Å². The molecule has 1 aliphatic heterocycles. The van der Waals surface area contributed by atoms with E-state index in [1.165, 1.54) is 0 Å². The van der Waals surface area contributed by atoms with Crippen molar-refractivity contribution in [3.63, 3.8) is 0 Å². The largest absolute Gasteiger partial charge is 0.572 e. The third-order valence-corrected chi connectivity index (χ3v) is 7.36. The number of allylic oxidation sites excluding steroid dienone is 2. The van der Waals surface area contributed by atoms with Gasteiger partial charge >= 0.3 is 6.36 Å². The molecule has 0 bridgehead atoms. The summed E-state index contributed by atoms with van der Waals surface area (Å²) >= 11 is 1.01. The van der Waals surface area contributed by atoms with Crippen molar-refractivity contribution in [1.29, 1.82) is 0 Å². The number of carbonyl (C=O) groups excluding carboxylic acids is 2. The lowest BCUT2D eigenvalue weighted by atomic mass is 9.84. The van der Waals surface area contributed by atoms with Crippen molar-refractivity contribution in [2.45, 2.75) is 25.2 Å². The number of primary amides is 1. The minimum Gasteiger partial charge on any atom is -0.407 e. The van der Waals surface area contributed by atoms with Crippen LogP contribution >= 0.6 is 11.3 Å². The van der Waals surface area contributed by atoms with Crippen molar-refractivity contribution in [3.05, 3.63) is 58.3 Å². The number of aromatic nitrogens is 2. The van der Waals surface area contributed by atoms with Gasteiger partial charge in [-0.05, 0) is 26.1 Å². The van der Waals surface area contributed by atoms with E-state index in [1.807, 2.05) is 37.1 Å². The molecule has 13 heteroatoms. The van der Waals surface area contributed by atoms with Crippen LogP contribution in [0.3, 0.4) is 0 Å². The lowest BCUT2D eigenvalue weighted by Gasteiger charge is -2.38. The number of nitrogens with two attached hydrogens (primary N) is 1. The topological polar surface area (TPSA) is 114 Å². The summed E-state index contributed by atoms with van der Waals surface area (Å²) in [7, 11) is 1.97. The predicted molar refractivity (Wildman–Crippen MR) is 131 cm³/mol. The molecule has 0 saturated carbocycles. The zero-order valence-corrected chi connectivity index (χ0v) is 21.2. The van der Waals surface area contributed by atoms with E-state index in [1.54, 1.807) is 6.07 Å². The van der Waals surface area contributed by atoms with Crippen LogP contribution in [0.25, 0.3) is 10.6 Å². The molecule has 1 atom stereocenters. The predicted octanol–water partition coefficient (Wildman–Crippen LogP) is 2.31. The second kappa shape index (κ2) is 10.6. The molecule has 3 N–H and O–H groups in total. The molecular weight excluding hydrogens is 509 g/mol. The second-order valence-electron chi connectivity index (χ2n) is 9.13. The van der Waals surface area contributed by atoms with Gasteiger partial charge in [-0.3, -0.25) is 14.5 Å². The van der Waals surface area contributed by atoms with Crippen molar-refractivity contribution < 1.29 is 27.5 Å². The van der Waals surface area contributed by atoms with E-state index >= 15 is 0 Å². The molecule has 1 aromatic heterocycles. The number of amides is 2. The molecule has 2 aromatic rings. The Labute approximate surface area is 215 Å². The Morgan fingerprint density at radius 1 is 1.19 bits per heavy atom. The van der Waals surface area contributed by atoms with E-state index in [0.29, 0.717) is 23.7 Å². The molecule has 37 heavy (non-hydrogen) atoms. The van der Waals surface area contributed by atoms with E-state index in [2.05, 4.69) is 25.2 Å². The number of hydrogen-bond acceptors (Lipinski definition) is 8. The SMILES string of the molecule is Cc1cccc(-c2nnc(C3(NC(=O)CN4CCN(C)CC4)CC(C(N)=O)=CC=C3OC(F)(F)F)s2)c1. The molecule has 2 aliphatic rings. The van der Waals surface area contributed by atoms with Crippen molar-refractivity contribution in [3.8, 4) is 10.6 Å². The van der Waals surface area contributed by atoms with Gasteiger partial charge < -0.3 is 20.7 Å². The van der Waals surface area contributed by atoms with Crippen LogP contribution in [0, 0.1) is 6.92 Å². The van der Waals surface area contributed by atoms with Crippen LogP contribution in [-0.4, -0.2) is 77.9 Å². The van der Waals surface area contributed by atoms with Crippen LogP contribution in [0.5, 0.6) is 0 Å². The highest BCUT2D eigenvalue weighted by atomic mass is 32.1. The van der Waals surface area contributed by atoms with Crippen molar-refractivity contribution in [2.75, 3.05) is 39.8 Å². The standard InChI is InChI=1S/C24H27F3N6O3S/c1-15-4-3-5-16(12-15)21-30-31-22(37-21)23(29-19(34)14-33-10-8-32(2)9-11-33)13-17(20(28)35)6-7-18(23)36-24(25,26)27/h3-7,12H,8-11,13-14H2,1-2H3,(H2,28,35)(H,29,34). The third-order valence-electron chi connectivity index (χ3n) is 6.23. The smallest absolute Gasteiger partial charge is 0.407 e. The fourth-order valence-corrected chi connectivity index (χ4v) is 5.27. The van der Waals surface area contributed by atoms with Crippen LogP contribution in [0.1, 0.15) is 17.0 Å². The van der Waals surface area contributed by atoms with Gasteiger partial charge in [0.15, 0.2) is 10.5 Å². The van der Waals surface area contributed by atoms with Gasteiger partial charge in [-0.2, -0.15) is 0 Å². The number of likely N-dealkylation sites (N-methyl/N-ethyl adjacent to an activating group) is 1. The Kier molecular flexibility index (Phi) is 7.67. The number of piperazine rings is 1. The fraction of sp³-hybridized carbons (Fsp3) is 0.417. The maximum atomic E-state index is 13.5. The highest BCUT2D eigenvalue weighted by molar-refractivity contribution is 7.14. The van der Waals surface area contributed by atoms with Crippen LogP contribution in [-0.2, 0) is 19.9 Å². The van der Waals surface area contributed by atoms with Gasteiger partial charge in [-0.15, -0.1) is 23.4 Å². The van der Waals surface area contributed by atoms with Crippen molar-refractivity contribution in [1.82, 2.24) is 25.3 Å². The first kappa shape index (κ1) is 26.8. The molecule has 1 aliphatic carbocycles. The molecule has 2 amide bonds. The number of rotatable bonds is 7. The number of carbonyl (C=O) groups is 2. The Balaban J connectivity index is 1.74. The maximum absolute atomic E-state index is 13.5. The first-order chi connectivity index (χ1) is 17.4.